The van der Waals surface area contributed by atoms with Crippen LogP contribution in [0.15, 0.2) is 46.9 Å². The molecule has 5 rings (SSSR count). The number of nitrogens with two attached hydrogens (primary N) is 1. The van der Waals surface area contributed by atoms with E-state index in [0.717, 1.165) is 16.8 Å². The number of fused-ring (bicyclic) bond motifs is 3. The maximum atomic E-state index is 13.7. The third kappa shape index (κ3) is 3.98. The highest BCUT2D eigenvalue weighted by Gasteiger charge is 2.38. The van der Waals surface area contributed by atoms with E-state index in [9.17, 15) is 14.9 Å². The molecule has 0 bridgehead atoms. The zero-order valence-electron chi connectivity index (χ0n) is 19.5. The molecular formula is C26H25BrN6O2. The van der Waals surface area contributed by atoms with Gasteiger partial charge in [0.05, 0.1) is 30.4 Å². The maximum Gasteiger partial charge on any atom is 0.273 e. The zero-order chi connectivity index (χ0) is 24.9. The molecule has 0 fully saturated rings. The number of halogens is 1. The summed E-state index contributed by atoms with van der Waals surface area (Å²) in [5.74, 6) is -0.242. The molecule has 2 aliphatic rings. The molecule has 2 amide bonds. The van der Waals surface area contributed by atoms with Gasteiger partial charge in [0.2, 0.25) is 0 Å². The Morgan fingerprint density at radius 2 is 1.97 bits per heavy atom. The van der Waals surface area contributed by atoms with Gasteiger partial charge in [0.25, 0.3) is 11.8 Å². The van der Waals surface area contributed by atoms with Crippen LogP contribution in [-0.4, -0.2) is 44.0 Å². The van der Waals surface area contributed by atoms with Crippen LogP contribution in [0.2, 0.25) is 0 Å². The number of nitrogens with zero attached hydrogens (tertiary/aromatic N) is 5. The zero-order valence-corrected chi connectivity index (χ0v) is 21.1. The SMILES string of the molecule is CC(c1ccc(N)cc1)N1CCn2nc3c(c2C1=O)CN(C(=O)c1ccc(Br)c(C#N)c1)[C@H](C)C3. The molecule has 0 saturated heterocycles. The molecule has 2 atom stereocenters. The number of hydrogen-bond donors (Lipinski definition) is 1. The van der Waals surface area contributed by atoms with Crippen molar-refractivity contribution >= 4 is 33.4 Å². The fourth-order valence-electron chi connectivity index (χ4n) is 4.94. The fraction of sp³-hybridized carbons (Fsp3) is 0.308. The normalized spacial score (nSPS) is 18.0. The van der Waals surface area contributed by atoms with Crippen LogP contribution < -0.4 is 5.73 Å². The average molecular weight is 533 g/mol. The summed E-state index contributed by atoms with van der Waals surface area (Å²) in [5.41, 5.74) is 10.6. The topological polar surface area (TPSA) is 108 Å². The van der Waals surface area contributed by atoms with Gasteiger partial charge in [-0.15, -0.1) is 0 Å². The van der Waals surface area contributed by atoms with Crippen molar-refractivity contribution in [3.8, 4) is 6.07 Å². The van der Waals surface area contributed by atoms with Crippen LogP contribution in [0.4, 0.5) is 5.69 Å². The molecule has 3 aromatic rings. The van der Waals surface area contributed by atoms with E-state index in [2.05, 4.69) is 22.0 Å². The summed E-state index contributed by atoms with van der Waals surface area (Å²) < 4.78 is 2.45. The minimum absolute atomic E-state index is 0.0771. The van der Waals surface area contributed by atoms with Gasteiger partial charge in [0, 0.05) is 40.3 Å². The molecule has 0 saturated carbocycles. The highest BCUT2D eigenvalue weighted by atomic mass is 79.9. The van der Waals surface area contributed by atoms with Gasteiger partial charge in [-0.1, -0.05) is 12.1 Å². The molecule has 35 heavy (non-hydrogen) atoms. The maximum absolute atomic E-state index is 13.7. The standard InChI is InChI=1S/C26H25BrN6O2/c1-15-11-23-21(14-32(15)25(34)18-5-8-22(27)19(12-18)13-28)24-26(35)31(9-10-33(24)30-23)16(2)17-3-6-20(29)7-4-17/h3-8,12,15-16H,9-11,14,29H2,1-2H3/t15-,16?/m1/s1. The van der Waals surface area contributed by atoms with Crippen molar-refractivity contribution in [2.24, 2.45) is 0 Å². The van der Waals surface area contributed by atoms with Gasteiger partial charge >= 0.3 is 0 Å². The first-order valence-corrected chi connectivity index (χ1v) is 12.3. The molecule has 1 unspecified atom stereocenters. The van der Waals surface area contributed by atoms with E-state index >= 15 is 0 Å². The van der Waals surface area contributed by atoms with Crippen LogP contribution in [0.1, 0.15) is 63.1 Å². The number of amides is 2. The summed E-state index contributed by atoms with van der Waals surface area (Å²) in [7, 11) is 0. The predicted molar refractivity (Wildman–Crippen MR) is 134 cm³/mol. The van der Waals surface area contributed by atoms with Crippen LogP contribution in [0.3, 0.4) is 0 Å². The van der Waals surface area contributed by atoms with Crippen LogP contribution in [0.25, 0.3) is 0 Å². The Kier molecular flexibility index (Phi) is 5.85. The van der Waals surface area contributed by atoms with Gasteiger partial charge in [0.1, 0.15) is 11.8 Å². The number of carbonyl (C=O) groups excluding carboxylic acids is 2. The van der Waals surface area contributed by atoms with Crippen LogP contribution >= 0.6 is 15.9 Å². The van der Waals surface area contributed by atoms with Gasteiger partial charge in [-0.05, 0) is 65.7 Å². The lowest BCUT2D eigenvalue weighted by atomic mass is 9.97. The first-order valence-electron chi connectivity index (χ1n) is 11.5. The number of aromatic nitrogens is 2. The largest absolute Gasteiger partial charge is 0.399 e. The third-order valence-electron chi connectivity index (χ3n) is 6.98. The van der Waals surface area contributed by atoms with Gasteiger partial charge < -0.3 is 15.5 Å². The quantitative estimate of drug-likeness (QED) is 0.514. The fourth-order valence-corrected chi connectivity index (χ4v) is 5.28. The lowest BCUT2D eigenvalue weighted by Gasteiger charge is -2.35. The van der Waals surface area contributed by atoms with E-state index in [0.29, 0.717) is 53.0 Å². The van der Waals surface area contributed by atoms with Crippen molar-refractivity contribution in [1.29, 1.82) is 5.26 Å². The molecule has 2 N–H and O–H groups in total. The van der Waals surface area contributed by atoms with Crippen molar-refractivity contribution in [1.82, 2.24) is 19.6 Å². The first kappa shape index (κ1) is 23.1. The molecule has 2 aliphatic heterocycles. The summed E-state index contributed by atoms with van der Waals surface area (Å²) in [4.78, 5) is 30.7. The molecular weight excluding hydrogens is 508 g/mol. The predicted octanol–water partition coefficient (Wildman–Crippen LogP) is 3.90. The lowest BCUT2D eigenvalue weighted by molar-refractivity contribution is 0.0605. The number of rotatable bonds is 3. The number of benzene rings is 2. The average Bonchev–Trinajstić information content (AvgIpc) is 3.21. The summed E-state index contributed by atoms with van der Waals surface area (Å²) in [6, 6.07) is 14.5. The molecule has 0 spiro atoms. The number of nitriles is 1. The molecule has 1 aromatic heterocycles. The number of hydrogen-bond acceptors (Lipinski definition) is 5. The number of carbonyl (C=O) groups is 2. The van der Waals surface area contributed by atoms with Gasteiger partial charge in [-0.25, -0.2) is 0 Å². The molecule has 2 aromatic carbocycles. The second kappa shape index (κ2) is 8.86. The van der Waals surface area contributed by atoms with E-state index in [1.54, 1.807) is 27.8 Å². The second-order valence-corrected chi connectivity index (χ2v) is 9.99. The van der Waals surface area contributed by atoms with E-state index in [1.165, 1.54) is 0 Å². The highest BCUT2D eigenvalue weighted by molar-refractivity contribution is 9.10. The van der Waals surface area contributed by atoms with Crippen molar-refractivity contribution in [2.45, 2.75) is 45.4 Å². The Bertz CT molecular complexity index is 1370. The van der Waals surface area contributed by atoms with E-state index in [-0.39, 0.29) is 23.9 Å². The summed E-state index contributed by atoms with van der Waals surface area (Å²) >= 11 is 3.34. The Hall–Kier alpha value is -3.64. The molecule has 178 valence electrons. The van der Waals surface area contributed by atoms with Gasteiger partial charge in [-0.2, -0.15) is 10.4 Å². The van der Waals surface area contributed by atoms with Crippen LogP contribution in [0, 0.1) is 11.3 Å². The summed E-state index contributed by atoms with van der Waals surface area (Å²) in [6.45, 7) is 5.47. The lowest BCUT2D eigenvalue weighted by Crippen LogP contribution is -2.44. The molecule has 0 aliphatic carbocycles. The Morgan fingerprint density at radius 1 is 1.23 bits per heavy atom. The highest BCUT2D eigenvalue weighted by Crippen LogP contribution is 2.32. The molecule has 0 radical (unpaired) electrons. The minimum Gasteiger partial charge on any atom is -0.399 e. The molecule has 3 heterocycles. The minimum atomic E-state index is -0.164. The Morgan fingerprint density at radius 3 is 2.69 bits per heavy atom. The van der Waals surface area contributed by atoms with Crippen molar-refractivity contribution < 1.29 is 9.59 Å². The van der Waals surface area contributed by atoms with Crippen LogP contribution in [-0.2, 0) is 19.5 Å². The molecule has 8 nitrogen and oxygen atoms in total. The van der Waals surface area contributed by atoms with Gasteiger partial charge in [-0.3, -0.25) is 14.3 Å². The van der Waals surface area contributed by atoms with Crippen molar-refractivity contribution in [3.63, 3.8) is 0 Å². The molecule has 9 heteroatoms. The summed E-state index contributed by atoms with van der Waals surface area (Å²) in [6.07, 6.45) is 0.573. The van der Waals surface area contributed by atoms with Gasteiger partial charge in [0.15, 0.2) is 0 Å². The van der Waals surface area contributed by atoms with E-state index < -0.39 is 0 Å². The number of anilines is 1. The Balaban J connectivity index is 1.45. The second-order valence-electron chi connectivity index (χ2n) is 9.13. The third-order valence-corrected chi connectivity index (χ3v) is 7.67. The monoisotopic (exact) mass is 532 g/mol. The number of nitrogen functional groups attached to an aromatic ring is 1. The van der Waals surface area contributed by atoms with E-state index in [1.807, 2.05) is 43.0 Å². The van der Waals surface area contributed by atoms with Crippen LogP contribution in [0.5, 0.6) is 0 Å². The Labute approximate surface area is 212 Å². The van der Waals surface area contributed by atoms with Crippen molar-refractivity contribution in [3.05, 3.63) is 80.6 Å². The smallest absolute Gasteiger partial charge is 0.273 e. The van der Waals surface area contributed by atoms with Crippen molar-refractivity contribution in [2.75, 3.05) is 12.3 Å². The summed E-state index contributed by atoms with van der Waals surface area (Å²) in [5, 5.41) is 14.1. The first-order chi connectivity index (χ1) is 16.8. The van der Waals surface area contributed by atoms with E-state index in [4.69, 9.17) is 10.8 Å².